The third-order valence-corrected chi connectivity index (χ3v) is 2.52. The molecular formula is C14H12FN3. The Morgan fingerprint density at radius 2 is 2.17 bits per heavy atom. The highest BCUT2D eigenvalue weighted by Crippen LogP contribution is 2.10. The lowest BCUT2D eigenvalue weighted by atomic mass is 10.1. The van der Waals surface area contributed by atoms with E-state index >= 15 is 0 Å². The fourth-order valence-electron chi connectivity index (χ4n) is 1.65. The minimum atomic E-state index is -0.233. The van der Waals surface area contributed by atoms with Gasteiger partial charge in [0.25, 0.3) is 0 Å². The lowest BCUT2D eigenvalue weighted by molar-refractivity contribution is 0.625. The molecule has 90 valence electrons. The lowest BCUT2D eigenvalue weighted by Crippen LogP contribution is -2.07. The van der Waals surface area contributed by atoms with Gasteiger partial charge in [-0.3, -0.25) is 0 Å². The molecule has 2 rings (SSSR count). The second-order valence-corrected chi connectivity index (χ2v) is 3.82. The summed E-state index contributed by atoms with van der Waals surface area (Å²) in [5.74, 6) is 0.333. The normalized spacial score (nSPS) is 9.78. The first kappa shape index (κ1) is 12.1. The number of pyridine rings is 1. The fraction of sp³-hybridized carbons (Fsp3) is 0.143. The van der Waals surface area contributed by atoms with Gasteiger partial charge in [0.15, 0.2) is 0 Å². The van der Waals surface area contributed by atoms with Crippen molar-refractivity contribution in [3.8, 4) is 6.07 Å². The topological polar surface area (TPSA) is 48.7 Å². The minimum Gasteiger partial charge on any atom is -0.369 e. The predicted molar refractivity (Wildman–Crippen MR) is 67.5 cm³/mol. The molecule has 1 heterocycles. The maximum absolute atomic E-state index is 13.0. The van der Waals surface area contributed by atoms with E-state index in [-0.39, 0.29) is 5.82 Å². The highest BCUT2D eigenvalue weighted by molar-refractivity contribution is 5.51. The molecule has 0 aliphatic heterocycles. The van der Waals surface area contributed by atoms with Gasteiger partial charge in [0, 0.05) is 12.7 Å². The summed E-state index contributed by atoms with van der Waals surface area (Å²) in [5, 5.41) is 12.0. The number of hydrogen-bond acceptors (Lipinski definition) is 3. The first-order chi connectivity index (χ1) is 8.79. The van der Waals surface area contributed by atoms with E-state index in [9.17, 15) is 4.39 Å². The Hall–Kier alpha value is -2.41. The summed E-state index contributed by atoms with van der Waals surface area (Å²) in [7, 11) is 0. The number of aromatic nitrogens is 1. The van der Waals surface area contributed by atoms with Crippen LogP contribution < -0.4 is 5.32 Å². The minimum absolute atomic E-state index is 0.233. The molecule has 0 atom stereocenters. The Balaban J connectivity index is 1.95. The van der Waals surface area contributed by atoms with Crippen LogP contribution in [-0.4, -0.2) is 11.5 Å². The molecule has 0 spiro atoms. The van der Waals surface area contributed by atoms with Crippen molar-refractivity contribution >= 4 is 5.82 Å². The molecule has 0 radical (unpaired) electrons. The standard InChI is InChI=1S/C14H12FN3/c15-13-5-1-3-11(9-13)6-8-18-14-12(10-16)4-2-7-17-14/h1-5,7,9H,6,8H2,(H,17,18). The van der Waals surface area contributed by atoms with E-state index in [0.717, 1.165) is 5.56 Å². The van der Waals surface area contributed by atoms with Gasteiger partial charge >= 0.3 is 0 Å². The van der Waals surface area contributed by atoms with Crippen LogP contribution >= 0.6 is 0 Å². The summed E-state index contributed by atoms with van der Waals surface area (Å²) in [6.07, 6.45) is 2.31. The van der Waals surface area contributed by atoms with Crippen LogP contribution in [0.1, 0.15) is 11.1 Å². The highest BCUT2D eigenvalue weighted by atomic mass is 19.1. The molecule has 4 heteroatoms. The van der Waals surface area contributed by atoms with Crippen LogP contribution in [0.5, 0.6) is 0 Å². The number of nitriles is 1. The molecule has 1 aromatic carbocycles. The summed E-state index contributed by atoms with van der Waals surface area (Å²) in [6, 6.07) is 12.0. The maximum atomic E-state index is 13.0. The molecule has 18 heavy (non-hydrogen) atoms. The molecule has 1 aromatic heterocycles. The number of nitrogens with one attached hydrogen (secondary N) is 1. The first-order valence-corrected chi connectivity index (χ1v) is 5.63. The predicted octanol–water partition coefficient (Wildman–Crippen LogP) is 2.75. The van der Waals surface area contributed by atoms with Crippen molar-refractivity contribution in [2.45, 2.75) is 6.42 Å². The second-order valence-electron chi connectivity index (χ2n) is 3.82. The van der Waals surface area contributed by atoms with Gasteiger partial charge in [-0.1, -0.05) is 12.1 Å². The number of nitrogens with zero attached hydrogens (tertiary/aromatic N) is 2. The third-order valence-electron chi connectivity index (χ3n) is 2.52. The zero-order chi connectivity index (χ0) is 12.8. The average molecular weight is 241 g/mol. The molecule has 0 saturated carbocycles. The van der Waals surface area contributed by atoms with Crippen LogP contribution in [-0.2, 0) is 6.42 Å². The molecule has 0 amide bonds. The smallest absolute Gasteiger partial charge is 0.143 e. The monoisotopic (exact) mass is 241 g/mol. The lowest BCUT2D eigenvalue weighted by Gasteiger charge is -2.06. The zero-order valence-electron chi connectivity index (χ0n) is 9.73. The van der Waals surface area contributed by atoms with Gasteiger partial charge in [-0.05, 0) is 36.2 Å². The van der Waals surface area contributed by atoms with Crippen LogP contribution in [0.4, 0.5) is 10.2 Å². The zero-order valence-corrected chi connectivity index (χ0v) is 9.73. The van der Waals surface area contributed by atoms with E-state index in [1.807, 2.05) is 6.07 Å². The third kappa shape index (κ3) is 3.05. The van der Waals surface area contributed by atoms with Gasteiger partial charge in [0.2, 0.25) is 0 Å². The Morgan fingerprint density at radius 3 is 2.94 bits per heavy atom. The second kappa shape index (κ2) is 5.78. The van der Waals surface area contributed by atoms with E-state index in [4.69, 9.17) is 5.26 Å². The molecule has 0 unspecified atom stereocenters. The average Bonchev–Trinajstić information content (AvgIpc) is 2.39. The van der Waals surface area contributed by atoms with E-state index in [1.54, 1.807) is 24.4 Å². The number of hydrogen-bond donors (Lipinski definition) is 1. The molecule has 1 N–H and O–H groups in total. The van der Waals surface area contributed by atoms with E-state index < -0.39 is 0 Å². The summed E-state index contributed by atoms with van der Waals surface area (Å²) in [6.45, 7) is 0.606. The largest absolute Gasteiger partial charge is 0.369 e. The van der Waals surface area contributed by atoms with Crippen molar-refractivity contribution in [3.63, 3.8) is 0 Å². The fourth-order valence-corrected chi connectivity index (χ4v) is 1.65. The number of anilines is 1. The van der Waals surface area contributed by atoms with Crippen LogP contribution in [0.25, 0.3) is 0 Å². The summed E-state index contributed by atoms with van der Waals surface area (Å²) in [5.41, 5.74) is 1.42. The quantitative estimate of drug-likeness (QED) is 0.895. The van der Waals surface area contributed by atoms with Crippen molar-refractivity contribution in [2.24, 2.45) is 0 Å². The van der Waals surface area contributed by atoms with Gasteiger partial charge in [-0.2, -0.15) is 5.26 Å². The Bertz CT molecular complexity index is 575. The molecular weight excluding hydrogens is 229 g/mol. The SMILES string of the molecule is N#Cc1cccnc1NCCc1cccc(F)c1. The van der Waals surface area contributed by atoms with Crippen molar-refractivity contribution in [3.05, 3.63) is 59.5 Å². The molecule has 0 bridgehead atoms. The molecule has 0 saturated heterocycles. The van der Waals surface area contributed by atoms with E-state index in [0.29, 0.717) is 24.3 Å². The van der Waals surface area contributed by atoms with Crippen LogP contribution in [0.2, 0.25) is 0 Å². The summed E-state index contributed by atoms with van der Waals surface area (Å²) >= 11 is 0. The van der Waals surface area contributed by atoms with Crippen LogP contribution in [0, 0.1) is 17.1 Å². The Labute approximate surface area is 105 Å². The van der Waals surface area contributed by atoms with Crippen LogP contribution in [0.15, 0.2) is 42.6 Å². The van der Waals surface area contributed by atoms with Crippen molar-refractivity contribution in [1.82, 2.24) is 4.98 Å². The van der Waals surface area contributed by atoms with Gasteiger partial charge in [0.05, 0.1) is 5.56 Å². The van der Waals surface area contributed by atoms with Crippen LogP contribution in [0.3, 0.4) is 0 Å². The van der Waals surface area contributed by atoms with Crippen molar-refractivity contribution in [2.75, 3.05) is 11.9 Å². The van der Waals surface area contributed by atoms with E-state index in [1.165, 1.54) is 12.1 Å². The number of rotatable bonds is 4. The molecule has 0 fully saturated rings. The Morgan fingerprint density at radius 1 is 1.28 bits per heavy atom. The number of benzene rings is 1. The summed E-state index contributed by atoms with van der Waals surface area (Å²) in [4.78, 5) is 4.09. The van der Waals surface area contributed by atoms with Gasteiger partial charge in [0.1, 0.15) is 17.7 Å². The number of halogens is 1. The summed E-state index contributed by atoms with van der Waals surface area (Å²) < 4.78 is 13.0. The van der Waals surface area contributed by atoms with Gasteiger partial charge in [-0.25, -0.2) is 9.37 Å². The van der Waals surface area contributed by atoms with Gasteiger partial charge < -0.3 is 5.32 Å². The van der Waals surface area contributed by atoms with Crippen molar-refractivity contribution < 1.29 is 4.39 Å². The molecule has 0 aliphatic rings. The Kier molecular flexibility index (Phi) is 3.87. The van der Waals surface area contributed by atoms with E-state index in [2.05, 4.69) is 16.4 Å². The molecule has 0 aliphatic carbocycles. The van der Waals surface area contributed by atoms with Gasteiger partial charge in [-0.15, -0.1) is 0 Å². The molecule has 3 nitrogen and oxygen atoms in total. The highest BCUT2D eigenvalue weighted by Gasteiger charge is 2.01. The maximum Gasteiger partial charge on any atom is 0.143 e. The molecule has 2 aromatic rings. The first-order valence-electron chi connectivity index (χ1n) is 5.63. The van der Waals surface area contributed by atoms with Crippen molar-refractivity contribution in [1.29, 1.82) is 5.26 Å².